The third-order valence-corrected chi connectivity index (χ3v) is 7.65. The van der Waals surface area contributed by atoms with Gasteiger partial charge in [-0.3, -0.25) is 4.98 Å². The van der Waals surface area contributed by atoms with Gasteiger partial charge in [-0.1, -0.05) is 97.1 Å². The molecule has 0 fully saturated rings. The van der Waals surface area contributed by atoms with Crippen LogP contribution < -0.4 is 0 Å². The van der Waals surface area contributed by atoms with Gasteiger partial charge in [0.25, 0.3) is 0 Å². The molecule has 0 atom stereocenters. The Morgan fingerprint density at radius 3 is 1.79 bits per heavy atom. The average molecular weight is 502 g/mol. The predicted molar refractivity (Wildman–Crippen MR) is 163 cm³/mol. The lowest BCUT2D eigenvalue weighted by Crippen LogP contribution is -1.90. The van der Waals surface area contributed by atoms with Gasteiger partial charge in [-0.15, -0.1) is 0 Å². The Labute approximate surface area is 228 Å². The van der Waals surface area contributed by atoms with Gasteiger partial charge in [-0.25, -0.2) is 0 Å². The fourth-order valence-electron chi connectivity index (χ4n) is 5.66. The molecule has 0 aliphatic rings. The van der Waals surface area contributed by atoms with E-state index in [4.69, 9.17) is 9.40 Å². The molecular weight excluding hydrogens is 474 g/mol. The number of hydrogen-bond donors (Lipinski definition) is 0. The lowest BCUT2D eigenvalue weighted by Gasteiger charge is -2.12. The minimum absolute atomic E-state index is 0.923. The van der Waals surface area contributed by atoms with Crippen LogP contribution in [0.5, 0.6) is 0 Å². The van der Waals surface area contributed by atoms with Crippen molar-refractivity contribution in [3.8, 4) is 44.6 Å². The van der Waals surface area contributed by atoms with E-state index >= 15 is 0 Å². The number of benzene rings is 5. The zero-order valence-electron chi connectivity index (χ0n) is 22.0. The van der Waals surface area contributed by atoms with E-state index in [0.29, 0.717) is 0 Å². The summed E-state index contributed by atoms with van der Waals surface area (Å²) in [6, 6.07) is 42.5. The minimum Gasteiger partial charge on any atom is -0.456 e. The van der Waals surface area contributed by atoms with Gasteiger partial charge >= 0.3 is 0 Å². The van der Waals surface area contributed by atoms with Crippen LogP contribution in [0.25, 0.3) is 66.6 Å². The number of aryl methyl sites for hydroxylation is 2. The van der Waals surface area contributed by atoms with Crippen molar-refractivity contribution in [3.63, 3.8) is 0 Å². The predicted octanol–water partition coefficient (Wildman–Crippen LogP) is 10.3. The highest BCUT2D eigenvalue weighted by Crippen LogP contribution is 2.39. The number of fused-ring (bicyclic) bond motifs is 3. The van der Waals surface area contributed by atoms with E-state index in [0.717, 1.165) is 38.9 Å². The molecule has 2 aromatic heterocycles. The van der Waals surface area contributed by atoms with Crippen molar-refractivity contribution < 1.29 is 4.42 Å². The molecular formula is C37H27NO. The highest BCUT2D eigenvalue weighted by atomic mass is 16.3. The molecule has 2 heterocycles. The van der Waals surface area contributed by atoms with Gasteiger partial charge in [0.05, 0.1) is 5.69 Å². The van der Waals surface area contributed by atoms with Crippen molar-refractivity contribution in [1.29, 1.82) is 0 Å². The lowest BCUT2D eigenvalue weighted by molar-refractivity contribution is 0.666. The fourth-order valence-corrected chi connectivity index (χ4v) is 5.66. The highest BCUT2D eigenvalue weighted by molar-refractivity contribution is 6.09. The van der Waals surface area contributed by atoms with E-state index in [2.05, 4.69) is 123 Å². The van der Waals surface area contributed by atoms with Gasteiger partial charge < -0.3 is 4.42 Å². The van der Waals surface area contributed by atoms with E-state index in [1.807, 2.05) is 18.3 Å². The summed E-state index contributed by atoms with van der Waals surface area (Å²) >= 11 is 0. The highest BCUT2D eigenvalue weighted by Gasteiger charge is 2.16. The Morgan fingerprint density at radius 1 is 0.513 bits per heavy atom. The standard InChI is InChI=1S/C37H27NO/c1-24-21-33-32-19-17-30(26-9-5-3-6-10-26)22-35(32)39-37(33)25(2)36(24)29-15-13-28(14-16-29)34-20-18-31(23-38-34)27-11-7-4-8-12-27/h3-23H,1-2H3. The molecule has 7 aromatic rings. The van der Waals surface area contributed by atoms with E-state index in [9.17, 15) is 0 Å². The molecule has 0 saturated carbocycles. The molecule has 2 heteroatoms. The molecule has 2 nitrogen and oxygen atoms in total. The molecule has 0 aliphatic carbocycles. The number of hydrogen-bond acceptors (Lipinski definition) is 2. The van der Waals surface area contributed by atoms with E-state index < -0.39 is 0 Å². The molecule has 0 spiro atoms. The first-order valence-corrected chi connectivity index (χ1v) is 13.3. The van der Waals surface area contributed by atoms with Crippen LogP contribution in [0.2, 0.25) is 0 Å². The van der Waals surface area contributed by atoms with Gasteiger partial charge in [0, 0.05) is 33.7 Å². The first-order valence-electron chi connectivity index (χ1n) is 13.3. The quantitative estimate of drug-likeness (QED) is 0.240. The van der Waals surface area contributed by atoms with Crippen LogP contribution in [0.1, 0.15) is 11.1 Å². The lowest BCUT2D eigenvalue weighted by atomic mass is 9.92. The number of furan rings is 1. The molecule has 0 N–H and O–H groups in total. The first kappa shape index (κ1) is 23.2. The van der Waals surface area contributed by atoms with Crippen LogP contribution in [0.4, 0.5) is 0 Å². The summed E-state index contributed by atoms with van der Waals surface area (Å²) in [5, 5.41) is 2.32. The fraction of sp³-hybridized carbons (Fsp3) is 0.0541. The largest absolute Gasteiger partial charge is 0.456 e. The van der Waals surface area contributed by atoms with Gasteiger partial charge in [0.15, 0.2) is 0 Å². The molecule has 0 saturated heterocycles. The Bertz CT molecular complexity index is 1930. The van der Waals surface area contributed by atoms with Gasteiger partial charge in [0.1, 0.15) is 11.2 Å². The van der Waals surface area contributed by atoms with Crippen LogP contribution in [0.3, 0.4) is 0 Å². The van der Waals surface area contributed by atoms with Gasteiger partial charge in [0.2, 0.25) is 0 Å². The van der Waals surface area contributed by atoms with E-state index in [1.165, 1.54) is 38.8 Å². The molecule has 0 unspecified atom stereocenters. The number of nitrogens with zero attached hydrogens (tertiary/aromatic N) is 1. The summed E-state index contributed by atoms with van der Waals surface area (Å²) in [6.07, 6.45) is 1.95. The molecule has 0 amide bonds. The smallest absolute Gasteiger partial charge is 0.138 e. The molecule has 186 valence electrons. The Kier molecular flexibility index (Phi) is 5.60. The number of pyridine rings is 1. The molecule has 5 aromatic carbocycles. The zero-order chi connectivity index (χ0) is 26.3. The Balaban J connectivity index is 1.24. The maximum absolute atomic E-state index is 6.49. The summed E-state index contributed by atoms with van der Waals surface area (Å²) in [4.78, 5) is 4.74. The molecule has 39 heavy (non-hydrogen) atoms. The Hall–Kier alpha value is -4.95. The maximum Gasteiger partial charge on any atom is 0.138 e. The van der Waals surface area contributed by atoms with Crippen LogP contribution in [0, 0.1) is 13.8 Å². The summed E-state index contributed by atoms with van der Waals surface area (Å²) in [5.41, 5.74) is 13.4. The molecule has 7 rings (SSSR count). The summed E-state index contributed by atoms with van der Waals surface area (Å²) in [5.74, 6) is 0. The van der Waals surface area contributed by atoms with E-state index in [-0.39, 0.29) is 0 Å². The average Bonchev–Trinajstić information content (AvgIpc) is 3.36. The topological polar surface area (TPSA) is 26.0 Å². The van der Waals surface area contributed by atoms with E-state index in [1.54, 1.807) is 0 Å². The second kappa shape index (κ2) is 9.41. The summed E-state index contributed by atoms with van der Waals surface area (Å²) in [6.45, 7) is 4.36. The molecule has 0 aliphatic heterocycles. The van der Waals surface area contributed by atoms with Crippen molar-refractivity contribution in [2.45, 2.75) is 13.8 Å². The zero-order valence-corrected chi connectivity index (χ0v) is 22.0. The van der Waals surface area contributed by atoms with Crippen LogP contribution in [-0.2, 0) is 0 Å². The van der Waals surface area contributed by atoms with Crippen LogP contribution >= 0.6 is 0 Å². The van der Waals surface area contributed by atoms with Crippen LogP contribution in [-0.4, -0.2) is 4.98 Å². The van der Waals surface area contributed by atoms with Crippen molar-refractivity contribution in [2.24, 2.45) is 0 Å². The van der Waals surface area contributed by atoms with Crippen molar-refractivity contribution in [1.82, 2.24) is 4.98 Å². The van der Waals surface area contributed by atoms with Gasteiger partial charge in [-0.2, -0.15) is 0 Å². The third kappa shape index (κ3) is 4.11. The number of rotatable bonds is 4. The normalized spacial score (nSPS) is 11.3. The maximum atomic E-state index is 6.49. The Morgan fingerprint density at radius 2 is 1.13 bits per heavy atom. The molecule has 0 bridgehead atoms. The SMILES string of the molecule is Cc1cc2c(oc3cc(-c4ccccc4)ccc32)c(C)c1-c1ccc(-c2ccc(-c3ccccc3)cn2)cc1. The third-order valence-electron chi connectivity index (χ3n) is 7.65. The second-order valence-corrected chi connectivity index (χ2v) is 10.1. The number of aromatic nitrogens is 1. The second-order valence-electron chi connectivity index (χ2n) is 10.1. The van der Waals surface area contributed by atoms with Gasteiger partial charge in [-0.05, 0) is 71.5 Å². The summed E-state index contributed by atoms with van der Waals surface area (Å²) < 4.78 is 6.49. The van der Waals surface area contributed by atoms with Crippen molar-refractivity contribution >= 4 is 21.9 Å². The molecule has 0 radical (unpaired) electrons. The van der Waals surface area contributed by atoms with Crippen molar-refractivity contribution in [3.05, 3.63) is 139 Å². The summed E-state index contributed by atoms with van der Waals surface area (Å²) in [7, 11) is 0. The minimum atomic E-state index is 0.923. The first-order chi connectivity index (χ1) is 19.2. The monoisotopic (exact) mass is 501 g/mol. The van der Waals surface area contributed by atoms with Crippen LogP contribution in [0.15, 0.2) is 132 Å². The van der Waals surface area contributed by atoms with Crippen molar-refractivity contribution in [2.75, 3.05) is 0 Å².